The predicted octanol–water partition coefficient (Wildman–Crippen LogP) is 0.380. The molecule has 0 saturated carbocycles. The number of rotatable bonds is 5. The predicted molar refractivity (Wildman–Crippen MR) is 59.5 cm³/mol. The molecule has 0 bridgehead atoms. The Hall–Kier alpha value is -0.420. The van der Waals surface area contributed by atoms with E-state index in [2.05, 4.69) is 5.32 Å². The lowest BCUT2D eigenvalue weighted by Gasteiger charge is -2.24. The van der Waals surface area contributed by atoms with Crippen molar-refractivity contribution in [3.8, 4) is 0 Å². The quantitative estimate of drug-likeness (QED) is 0.745. The minimum atomic E-state index is -3.02. The fraction of sp³-hybridized carbons (Fsp3) is 0.900. The summed E-state index contributed by atoms with van der Waals surface area (Å²) in [7, 11) is -3.02. The van der Waals surface area contributed by atoms with Gasteiger partial charge in [0, 0.05) is 24.6 Å². The highest BCUT2D eigenvalue weighted by molar-refractivity contribution is 7.90. The summed E-state index contributed by atoms with van der Waals surface area (Å²) in [5, 5.41) is 3.17. The van der Waals surface area contributed by atoms with Crippen molar-refractivity contribution in [1.29, 1.82) is 0 Å². The van der Waals surface area contributed by atoms with E-state index < -0.39 is 9.84 Å². The number of ketones is 1. The molecule has 0 radical (unpaired) electrons. The van der Waals surface area contributed by atoms with Crippen molar-refractivity contribution in [1.82, 2.24) is 5.32 Å². The Morgan fingerprint density at radius 1 is 1.47 bits per heavy atom. The van der Waals surface area contributed by atoms with E-state index >= 15 is 0 Å². The average Bonchev–Trinajstić information content (AvgIpc) is 2.62. The zero-order valence-electron chi connectivity index (χ0n) is 9.38. The summed E-state index contributed by atoms with van der Waals surface area (Å²) in [6, 6.07) is 0. The first-order valence-electron chi connectivity index (χ1n) is 5.31. The summed E-state index contributed by atoms with van der Waals surface area (Å²) in [5.74, 6) is 0.0774. The van der Waals surface area contributed by atoms with E-state index in [0.717, 1.165) is 19.4 Å². The summed E-state index contributed by atoms with van der Waals surface area (Å²) < 4.78 is 22.0. The molecule has 1 aliphatic heterocycles. The van der Waals surface area contributed by atoms with Crippen LogP contribution in [0.5, 0.6) is 0 Å². The van der Waals surface area contributed by atoms with Gasteiger partial charge < -0.3 is 5.32 Å². The van der Waals surface area contributed by atoms with E-state index in [9.17, 15) is 13.2 Å². The Balaban J connectivity index is 2.59. The Kier molecular flexibility index (Phi) is 3.89. The number of Topliss-reactive ketones (excluding diaryl/α,β-unsaturated/α-hetero) is 1. The van der Waals surface area contributed by atoms with Gasteiger partial charge in [-0.2, -0.15) is 0 Å². The van der Waals surface area contributed by atoms with E-state index in [1.54, 1.807) is 0 Å². The summed E-state index contributed by atoms with van der Waals surface area (Å²) in [5.41, 5.74) is -0.301. The second-order valence-electron chi connectivity index (χ2n) is 4.36. The van der Waals surface area contributed by atoms with Crippen LogP contribution in [0.25, 0.3) is 0 Å². The van der Waals surface area contributed by atoms with Crippen LogP contribution in [0.1, 0.15) is 26.2 Å². The van der Waals surface area contributed by atoms with Crippen LogP contribution < -0.4 is 5.32 Å². The van der Waals surface area contributed by atoms with Crippen LogP contribution in [0.3, 0.4) is 0 Å². The van der Waals surface area contributed by atoms with Crippen LogP contribution in [0.4, 0.5) is 0 Å². The van der Waals surface area contributed by atoms with Crippen LogP contribution in [0.15, 0.2) is 0 Å². The summed E-state index contributed by atoms with van der Waals surface area (Å²) in [6.45, 7) is 3.55. The molecule has 1 atom stereocenters. The van der Waals surface area contributed by atoms with Crippen LogP contribution in [-0.2, 0) is 14.6 Å². The van der Waals surface area contributed by atoms with Crippen LogP contribution >= 0.6 is 0 Å². The fourth-order valence-electron chi connectivity index (χ4n) is 2.02. The topological polar surface area (TPSA) is 63.2 Å². The number of carbonyl (C=O) groups excluding carboxylic acids is 1. The molecule has 0 aliphatic carbocycles. The number of carbonyl (C=O) groups is 1. The van der Waals surface area contributed by atoms with Gasteiger partial charge in [0.15, 0.2) is 0 Å². The van der Waals surface area contributed by atoms with Gasteiger partial charge in [0.25, 0.3) is 0 Å². The molecule has 88 valence electrons. The molecule has 1 heterocycles. The second-order valence-corrected chi connectivity index (χ2v) is 6.62. The molecule has 1 rings (SSSR count). The van der Waals surface area contributed by atoms with Gasteiger partial charge in [-0.1, -0.05) is 6.92 Å². The smallest absolute Gasteiger partial charge is 0.147 e. The third-order valence-electron chi connectivity index (χ3n) is 3.21. The second kappa shape index (κ2) is 4.61. The number of hydrogen-bond donors (Lipinski definition) is 1. The first kappa shape index (κ1) is 12.6. The fourth-order valence-corrected chi connectivity index (χ4v) is 2.58. The van der Waals surface area contributed by atoms with Crippen LogP contribution in [-0.4, -0.2) is 39.3 Å². The number of sulfone groups is 1. The molecule has 0 amide bonds. The maximum Gasteiger partial charge on any atom is 0.147 e. The van der Waals surface area contributed by atoms with Crippen molar-refractivity contribution in [2.75, 3.05) is 25.1 Å². The molecule has 1 fully saturated rings. The lowest BCUT2D eigenvalue weighted by molar-refractivity contribution is -0.127. The standard InChI is InChI=1S/C10H19NO3S/c1-3-10(5-6-11-8-10)9(12)4-7-15(2,13)14/h11H,3-8H2,1-2H3. The molecule has 0 aromatic heterocycles. The van der Waals surface area contributed by atoms with Gasteiger partial charge in [-0.05, 0) is 19.4 Å². The molecule has 15 heavy (non-hydrogen) atoms. The van der Waals surface area contributed by atoms with Gasteiger partial charge in [0.1, 0.15) is 15.6 Å². The van der Waals surface area contributed by atoms with Gasteiger partial charge in [-0.25, -0.2) is 8.42 Å². The largest absolute Gasteiger partial charge is 0.316 e. The van der Waals surface area contributed by atoms with Crippen molar-refractivity contribution in [3.63, 3.8) is 0 Å². The minimum absolute atomic E-state index is 0.0203. The average molecular weight is 233 g/mol. The maximum atomic E-state index is 11.9. The summed E-state index contributed by atoms with van der Waals surface area (Å²) in [4.78, 5) is 11.9. The Labute approximate surface area is 91.4 Å². The molecule has 5 heteroatoms. The molecular formula is C10H19NO3S. The van der Waals surface area contributed by atoms with E-state index in [-0.39, 0.29) is 23.4 Å². The molecule has 0 aromatic carbocycles. The van der Waals surface area contributed by atoms with Gasteiger partial charge in [-0.15, -0.1) is 0 Å². The number of hydrogen-bond acceptors (Lipinski definition) is 4. The molecule has 1 saturated heterocycles. The Bertz CT molecular complexity index is 329. The van der Waals surface area contributed by atoms with E-state index in [1.165, 1.54) is 6.26 Å². The summed E-state index contributed by atoms with van der Waals surface area (Å²) in [6.07, 6.45) is 2.97. The third-order valence-corrected chi connectivity index (χ3v) is 4.16. The SMILES string of the molecule is CCC1(C(=O)CCS(C)(=O)=O)CCNC1. The molecular weight excluding hydrogens is 214 g/mol. The Morgan fingerprint density at radius 3 is 2.53 bits per heavy atom. The van der Waals surface area contributed by atoms with E-state index in [0.29, 0.717) is 6.54 Å². The van der Waals surface area contributed by atoms with Gasteiger partial charge in [-0.3, -0.25) is 4.79 Å². The lowest BCUT2D eigenvalue weighted by atomic mass is 9.79. The normalized spacial score (nSPS) is 26.8. The van der Waals surface area contributed by atoms with Crippen molar-refractivity contribution >= 4 is 15.6 Å². The molecule has 0 spiro atoms. The first-order valence-corrected chi connectivity index (χ1v) is 7.37. The van der Waals surface area contributed by atoms with Crippen LogP contribution in [0.2, 0.25) is 0 Å². The molecule has 1 N–H and O–H groups in total. The van der Waals surface area contributed by atoms with Crippen molar-refractivity contribution in [3.05, 3.63) is 0 Å². The molecule has 1 aliphatic rings. The monoisotopic (exact) mass is 233 g/mol. The zero-order chi connectivity index (χ0) is 11.5. The molecule has 1 unspecified atom stereocenters. The van der Waals surface area contributed by atoms with E-state index in [1.807, 2.05) is 6.92 Å². The zero-order valence-corrected chi connectivity index (χ0v) is 10.2. The van der Waals surface area contributed by atoms with Gasteiger partial charge in [0.05, 0.1) is 5.75 Å². The Morgan fingerprint density at radius 2 is 2.13 bits per heavy atom. The maximum absolute atomic E-state index is 11.9. The lowest BCUT2D eigenvalue weighted by Crippen LogP contribution is -2.33. The highest BCUT2D eigenvalue weighted by Crippen LogP contribution is 2.31. The van der Waals surface area contributed by atoms with Crippen molar-refractivity contribution < 1.29 is 13.2 Å². The van der Waals surface area contributed by atoms with Gasteiger partial charge in [0.2, 0.25) is 0 Å². The third kappa shape index (κ3) is 3.28. The summed E-state index contributed by atoms with van der Waals surface area (Å²) >= 11 is 0. The highest BCUT2D eigenvalue weighted by Gasteiger charge is 2.38. The minimum Gasteiger partial charge on any atom is -0.316 e. The molecule has 4 nitrogen and oxygen atoms in total. The van der Waals surface area contributed by atoms with Gasteiger partial charge >= 0.3 is 0 Å². The first-order chi connectivity index (χ1) is 6.90. The van der Waals surface area contributed by atoms with Crippen molar-refractivity contribution in [2.45, 2.75) is 26.2 Å². The highest BCUT2D eigenvalue weighted by atomic mass is 32.2. The van der Waals surface area contributed by atoms with Crippen molar-refractivity contribution in [2.24, 2.45) is 5.41 Å². The van der Waals surface area contributed by atoms with E-state index in [4.69, 9.17) is 0 Å². The van der Waals surface area contributed by atoms with Crippen LogP contribution in [0, 0.1) is 5.41 Å². The molecule has 0 aromatic rings. The number of nitrogens with one attached hydrogen (secondary N) is 1.